The third-order valence-corrected chi connectivity index (χ3v) is 3.50. The number of hydrogen-bond donors (Lipinski definition) is 1. The van der Waals surface area contributed by atoms with Crippen molar-refractivity contribution < 1.29 is 17.9 Å². The molecule has 1 fully saturated rings. The van der Waals surface area contributed by atoms with E-state index in [9.17, 15) is 13.2 Å². The molecule has 1 N–H and O–H groups in total. The Balaban J connectivity index is 2.33. The van der Waals surface area contributed by atoms with Crippen LogP contribution in [-0.2, 0) is 19.6 Å². The van der Waals surface area contributed by atoms with Crippen molar-refractivity contribution in [3.8, 4) is 0 Å². The van der Waals surface area contributed by atoms with Crippen LogP contribution >= 0.6 is 0 Å². The molecular formula is C12H24N2O4S. The van der Waals surface area contributed by atoms with Gasteiger partial charge in [0.1, 0.15) is 5.60 Å². The van der Waals surface area contributed by atoms with Gasteiger partial charge in [-0.1, -0.05) is 0 Å². The van der Waals surface area contributed by atoms with Crippen LogP contribution in [0.1, 0.15) is 33.6 Å². The maximum absolute atomic E-state index is 11.7. The molecule has 0 radical (unpaired) electrons. The third kappa shape index (κ3) is 7.49. The summed E-state index contributed by atoms with van der Waals surface area (Å²) in [5.74, 6) is -0.234. The lowest BCUT2D eigenvalue weighted by Gasteiger charge is -2.32. The lowest BCUT2D eigenvalue weighted by Crippen LogP contribution is -2.46. The van der Waals surface area contributed by atoms with Gasteiger partial charge in [-0.15, -0.1) is 0 Å². The van der Waals surface area contributed by atoms with Gasteiger partial charge in [-0.25, -0.2) is 13.1 Å². The molecule has 0 atom stereocenters. The van der Waals surface area contributed by atoms with Crippen LogP contribution in [0.5, 0.6) is 0 Å². The van der Waals surface area contributed by atoms with Crippen molar-refractivity contribution in [1.82, 2.24) is 9.62 Å². The maximum atomic E-state index is 11.7. The first-order chi connectivity index (χ1) is 8.55. The smallest absolute Gasteiger partial charge is 0.320 e. The van der Waals surface area contributed by atoms with E-state index >= 15 is 0 Å². The summed E-state index contributed by atoms with van der Waals surface area (Å²) in [4.78, 5) is 13.7. The van der Waals surface area contributed by atoms with Crippen molar-refractivity contribution in [2.75, 3.05) is 25.9 Å². The van der Waals surface area contributed by atoms with Crippen LogP contribution in [-0.4, -0.2) is 56.8 Å². The summed E-state index contributed by atoms with van der Waals surface area (Å²) in [6.07, 6.45) is 2.60. The summed E-state index contributed by atoms with van der Waals surface area (Å²) in [6.45, 7) is 7.19. The molecule has 0 aliphatic carbocycles. The average molecular weight is 292 g/mol. The number of esters is 1. The van der Waals surface area contributed by atoms with Crippen molar-refractivity contribution in [2.24, 2.45) is 0 Å². The molecule has 1 aliphatic rings. The fourth-order valence-electron chi connectivity index (χ4n) is 2.07. The minimum Gasteiger partial charge on any atom is -0.459 e. The number of carbonyl (C=O) groups excluding carboxylic acids is 1. The highest BCUT2D eigenvalue weighted by Gasteiger charge is 2.24. The summed E-state index contributed by atoms with van der Waals surface area (Å²) in [7, 11) is -3.15. The van der Waals surface area contributed by atoms with Gasteiger partial charge in [0.2, 0.25) is 10.0 Å². The molecule has 1 aliphatic heterocycles. The lowest BCUT2D eigenvalue weighted by molar-refractivity contribution is -0.156. The van der Waals surface area contributed by atoms with Crippen molar-refractivity contribution >= 4 is 16.0 Å². The van der Waals surface area contributed by atoms with Crippen LogP contribution in [0, 0.1) is 0 Å². The Morgan fingerprint density at radius 3 is 2.26 bits per heavy atom. The number of nitrogens with zero attached hydrogens (tertiary/aromatic N) is 1. The van der Waals surface area contributed by atoms with Crippen LogP contribution in [0.3, 0.4) is 0 Å². The Kier molecular flexibility index (Phi) is 5.34. The van der Waals surface area contributed by atoms with Crippen LogP contribution < -0.4 is 4.72 Å². The molecule has 0 spiro atoms. The Hall–Kier alpha value is -0.660. The van der Waals surface area contributed by atoms with Crippen LogP contribution in [0.4, 0.5) is 0 Å². The quantitative estimate of drug-likeness (QED) is 0.756. The van der Waals surface area contributed by atoms with Crippen molar-refractivity contribution in [2.45, 2.75) is 45.3 Å². The molecular weight excluding hydrogens is 268 g/mol. The number of nitrogens with one attached hydrogen (secondary N) is 1. The molecule has 0 bridgehead atoms. The Bertz CT molecular complexity index is 406. The molecule has 0 aromatic heterocycles. The molecule has 1 saturated heterocycles. The molecule has 112 valence electrons. The fraction of sp³-hybridized carbons (Fsp3) is 0.917. The highest BCUT2D eigenvalue weighted by atomic mass is 32.2. The predicted octanol–water partition coefficient (Wildman–Crippen LogP) is 0.342. The number of carbonyl (C=O) groups is 1. The SMILES string of the molecule is CC(C)(C)OC(=O)CN1CCC(NS(C)(=O)=O)CC1. The van der Waals surface area contributed by atoms with Crippen LogP contribution in [0.2, 0.25) is 0 Å². The summed E-state index contributed by atoms with van der Waals surface area (Å²) in [6, 6.07) is -0.0233. The predicted molar refractivity (Wildman–Crippen MR) is 73.3 cm³/mol. The summed E-state index contributed by atoms with van der Waals surface area (Å²) < 4.78 is 30.1. The monoisotopic (exact) mass is 292 g/mol. The van der Waals surface area contributed by atoms with E-state index in [0.29, 0.717) is 13.1 Å². The van der Waals surface area contributed by atoms with Gasteiger partial charge in [-0.3, -0.25) is 9.69 Å². The van der Waals surface area contributed by atoms with E-state index in [-0.39, 0.29) is 18.6 Å². The van der Waals surface area contributed by atoms with E-state index in [1.807, 2.05) is 25.7 Å². The normalized spacial score (nSPS) is 19.4. The summed E-state index contributed by atoms with van der Waals surface area (Å²) in [5.41, 5.74) is -0.465. The largest absolute Gasteiger partial charge is 0.459 e. The maximum Gasteiger partial charge on any atom is 0.320 e. The molecule has 0 aromatic carbocycles. The standard InChI is InChI=1S/C12H24N2O4S/c1-12(2,3)18-11(15)9-14-7-5-10(6-8-14)13-19(4,16)17/h10,13H,5-9H2,1-4H3. The fourth-order valence-corrected chi connectivity index (χ4v) is 2.91. The second-order valence-corrected chi connectivity index (χ2v) is 7.81. The van der Waals surface area contributed by atoms with E-state index in [1.165, 1.54) is 6.26 Å². The number of ether oxygens (including phenoxy) is 1. The van der Waals surface area contributed by atoms with Crippen molar-refractivity contribution in [3.63, 3.8) is 0 Å². The molecule has 7 heteroatoms. The first kappa shape index (κ1) is 16.4. The minimum atomic E-state index is -3.15. The van der Waals surface area contributed by atoms with Crippen LogP contribution in [0.25, 0.3) is 0 Å². The molecule has 1 heterocycles. The molecule has 19 heavy (non-hydrogen) atoms. The van der Waals surface area contributed by atoms with E-state index in [1.54, 1.807) is 0 Å². The summed E-state index contributed by atoms with van der Waals surface area (Å²) >= 11 is 0. The number of likely N-dealkylation sites (tertiary alicyclic amines) is 1. The second-order valence-electron chi connectivity index (χ2n) is 6.03. The zero-order valence-electron chi connectivity index (χ0n) is 12.1. The van der Waals surface area contributed by atoms with Gasteiger partial charge in [0.25, 0.3) is 0 Å². The molecule has 0 aromatic rings. The Morgan fingerprint density at radius 1 is 1.32 bits per heavy atom. The van der Waals surface area contributed by atoms with Crippen LogP contribution in [0.15, 0.2) is 0 Å². The average Bonchev–Trinajstić information content (AvgIpc) is 2.15. The highest BCUT2D eigenvalue weighted by Crippen LogP contribution is 2.12. The van der Waals surface area contributed by atoms with E-state index in [4.69, 9.17) is 4.74 Å². The summed E-state index contributed by atoms with van der Waals surface area (Å²) in [5, 5.41) is 0. The first-order valence-electron chi connectivity index (χ1n) is 6.47. The Morgan fingerprint density at radius 2 is 1.84 bits per heavy atom. The number of piperidine rings is 1. The van der Waals surface area contributed by atoms with E-state index in [2.05, 4.69) is 4.72 Å². The molecule has 0 saturated carbocycles. The topological polar surface area (TPSA) is 75.7 Å². The van der Waals surface area contributed by atoms with Gasteiger partial charge in [0.15, 0.2) is 0 Å². The van der Waals surface area contributed by atoms with Gasteiger partial charge in [0.05, 0.1) is 12.8 Å². The number of sulfonamides is 1. The van der Waals surface area contributed by atoms with Gasteiger partial charge in [-0.2, -0.15) is 0 Å². The van der Waals surface area contributed by atoms with Gasteiger partial charge < -0.3 is 4.74 Å². The van der Waals surface area contributed by atoms with E-state index in [0.717, 1.165) is 12.8 Å². The third-order valence-electron chi connectivity index (χ3n) is 2.74. The van der Waals surface area contributed by atoms with Crippen molar-refractivity contribution in [1.29, 1.82) is 0 Å². The van der Waals surface area contributed by atoms with Crippen molar-refractivity contribution in [3.05, 3.63) is 0 Å². The van der Waals surface area contributed by atoms with Gasteiger partial charge in [0, 0.05) is 19.1 Å². The molecule has 0 amide bonds. The molecule has 1 rings (SSSR count). The number of hydrogen-bond acceptors (Lipinski definition) is 5. The highest BCUT2D eigenvalue weighted by molar-refractivity contribution is 7.88. The Labute approximate surface area is 115 Å². The number of rotatable bonds is 4. The molecule has 0 unspecified atom stereocenters. The minimum absolute atomic E-state index is 0.0233. The van der Waals surface area contributed by atoms with E-state index < -0.39 is 15.6 Å². The molecule has 6 nitrogen and oxygen atoms in total. The first-order valence-corrected chi connectivity index (χ1v) is 8.36. The second kappa shape index (κ2) is 6.19. The zero-order valence-corrected chi connectivity index (χ0v) is 12.9. The zero-order chi connectivity index (χ0) is 14.7. The lowest BCUT2D eigenvalue weighted by atomic mass is 10.1. The van der Waals surface area contributed by atoms with Gasteiger partial charge >= 0.3 is 5.97 Å². The van der Waals surface area contributed by atoms with Gasteiger partial charge in [-0.05, 0) is 33.6 Å².